The number of carbonyl (C=O) groups is 2. The van der Waals surface area contributed by atoms with Crippen molar-refractivity contribution in [1.82, 2.24) is 0 Å². The fraction of sp³-hybridized carbons (Fsp3) is 0.714. The molecule has 0 aromatic carbocycles. The third-order valence-corrected chi connectivity index (χ3v) is 4.06. The zero-order valence-electron chi connectivity index (χ0n) is 12.1. The van der Waals surface area contributed by atoms with Gasteiger partial charge in [-0.2, -0.15) is 0 Å². The summed E-state index contributed by atoms with van der Waals surface area (Å²) >= 11 is 1.34. The van der Waals surface area contributed by atoms with E-state index in [1.165, 1.54) is 11.8 Å². The average molecular weight is 306 g/mol. The SMILES string of the molecule is CCC(C)(F)SCCCCCCOC(=O)/C=C\C(=O)O. The molecule has 0 heterocycles. The van der Waals surface area contributed by atoms with Crippen molar-refractivity contribution >= 4 is 23.7 Å². The summed E-state index contributed by atoms with van der Waals surface area (Å²) in [6, 6.07) is 0. The number of halogens is 1. The van der Waals surface area contributed by atoms with E-state index in [9.17, 15) is 14.0 Å². The second-order valence-corrected chi connectivity index (χ2v) is 6.11. The van der Waals surface area contributed by atoms with Gasteiger partial charge in [-0.1, -0.05) is 19.8 Å². The molecule has 4 nitrogen and oxygen atoms in total. The highest BCUT2D eigenvalue weighted by Crippen LogP contribution is 2.30. The third-order valence-electron chi connectivity index (χ3n) is 2.68. The number of ether oxygens (including phenoxy) is 1. The van der Waals surface area contributed by atoms with Crippen molar-refractivity contribution in [3.05, 3.63) is 12.2 Å². The predicted molar refractivity (Wildman–Crippen MR) is 78.5 cm³/mol. The van der Waals surface area contributed by atoms with Crippen molar-refractivity contribution in [2.24, 2.45) is 0 Å². The van der Waals surface area contributed by atoms with Crippen LogP contribution in [0.5, 0.6) is 0 Å². The van der Waals surface area contributed by atoms with Gasteiger partial charge in [-0.05, 0) is 31.9 Å². The van der Waals surface area contributed by atoms with Crippen molar-refractivity contribution in [3.8, 4) is 0 Å². The maximum atomic E-state index is 13.5. The summed E-state index contributed by atoms with van der Waals surface area (Å²) in [5, 5.41) is 7.17. The van der Waals surface area contributed by atoms with E-state index in [1.807, 2.05) is 6.92 Å². The van der Waals surface area contributed by atoms with Gasteiger partial charge >= 0.3 is 11.9 Å². The molecule has 116 valence electrons. The predicted octanol–water partition coefficient (Wildman–Crippen LogP) is 3.56. The molecule has 0 aromatic heterocycles. The van der Waals surface area contributed by atoms with Gasteiger partial charge in [-0.15, -0.1) is 11.8 Å². The maximum Gasteiger partial charge on any atom is 0.331 e. The second-order valence-electron chi connectivity index (χ2n) is 4.56. The van der Waals surface area contributed by atoms with E-state index in [4.69, 9.17) is 9.84 Å². The highest BCUT2D eigenvalue weighted by molar-refractivity contribution is 8.00. The molecule has 0 saturated carbocycles. The molecule has 0 aliphatic rings. The van der Waals surface area contributed by atoms with Gasteiger partial charge in [0.1, 0.15) is 0 Å². The van der Waals surface area contributed by atoms with Crippen molar-refractivity contribution in [2.75, 3.05) is 12.4 Å². The van der Waals surface area contributed by atoms with Gasteiger partial charge in [-0.25, -0.2) is 14.0 Å². The normalized spacial score (nSPS) is 14.2. The summed E-state index contributed by atoms with van der Waals surface area (Å²) in [6.45, 7) is 3.72. The Morgan fingerprint density at radius 1 is 1.25 bits per heavy atom. The topological polar surface area (TPSA) is 63.6 Å². The Balaban J connectivity index is 3.41. The Morgan fingerprint density at radius 3 is 2.50 bits per heavy atom. The molecule has 0 fully saturated rings. The number of hydrogen-bond acceptors (Lipinski definition) is 4. The maximum absolute atomic E-state index is 13.5. The Kier molecular flexibility index (Phi) is 10.2. The molecule has 0 amide bonds. The molecule has 1 unspecified atom stereocenters. The minimum absolute atomic E-state index is 0.283. The summed E-state index contributed by atoms with van der Waals surface area (Å²) in [5.41, 5.74) is 0. The molecule has 0 aliphatic heterocycles. The monoisotopic (exact) mass is 306 g/mol. The minimum Gasteiger partial charge on any atom is -0.478 e. The highest BCUT2D eigenvalue weighted by atomic mass is 32.2. The van der Waals surface area contributed by atoms with Crippen LogP contribution in [0.4, 0.5) is 4.39 Å². The van der Waals surface area contributed by atoms with Gasteiger partial charge in [0.05, 0.1) is 6.61 Å². The molecule has 20 heavy (non-hydrogen) atoms. The molecular weight excluding hydrogens is 283 g/mol. The minimum atomic E-state index is -1.17. The Morgan fingerprint density at radius 2 is 1.90 bits per heavy atom. The van der Waals surface area contributed by atoms with Crippen molar-refractivity contribution in [2.45, 2.75) is 51.0 Å². The first-order valence-corrected chi connectivity index (χ1v) is 7.76. The number of carboxylic acids is 1. The quantitative estimate of drug-likeness (QED) is 0.359. The molecule has 1 atom stereocenters. The van der Waals surface area contributed by atoms with Gasteiger partial charge < -0.3 is 9.84 Å². The van der Waals surface area contributed by atoms with Gasteiger partial charge in [0.25, 0.3) is 0 Å². The van der Waals surface area contributed by atoms with Crippen LogP contribution in [0, 0.1) is 0 Å². The molecule has 0 rings (SSSR count). The van der Waals surface area contributed by atoms with Gasteiger partial charge in [-0.3, -0.25) is 0 Å². The largest absolute Gasteiger partial charge is 0.478 e. The fourth-order valence-corrected chi connectivity index (χ4v) is 2.28. The number of carbonyl (C=O) groups excluding carboxylic acids is 1. The van der Waals surface area contributed by atoms with E-state index in [1.54, 1.807) is 6.92 Å². The standard InChI is InChI=1S/C14H23FO4S/c1-3-14(2,15)20-11-7-5-4-6-10-19-13(18)9-8-12(16)17/h8-9H,3-7,10-11H2,1-2H3,(H,16,17)/b9-8-. The van der Waals surface area contributed by atoms with Crippen LogP contribution in [-0.2, 0) is 14.3 Å². The second kappa shape index (κ2) is 10.7. The van der Waals surface area contributed by atoms with Gasteiger partial charge in [0.15, 0.2) is 5.00 Å². The molecular formula is C14H23FO4S. The van der Waals surface area contributed by atoms with Gasteiger partial charge in [0, 0.05) is 12.2 Å². The molecule has 0 bridgehead atoms. The van der Waals surface area contributed by atoms with E-state index in [-0.39, 0.29) is 6.61 Å². The lowest BCUT2D eigenvalue weighted by atomic mass is 10.2. The van der Waals surface area contributed by atoms with Crippen LogP contribution in [0.15, 0.2) is 12.2 Å². The van der Waals surface area contributed by atoms with Crippen LogP contribution < -0.4 is 0 Å². The lowest BCUT2D eigenvalue weighted by molar-refractivity contribution is -0.138. The lowest BCUT2D eigenvalue weighted by Crippen LogP contribution is -2.10. The van der Waals surface area contributed by atoms with Crippen LogP contribution >= 0.6 is 11.8 Å². The van der Waals surface area contributed by atoms with E-state index in [0.717, 1.165) is 43.6 Å². The molecule has 0 radical (unpaired) electrons. The summed E-state index contributed by atoms with van der Waals surface area (Å²) in [6.07, 6.45) is 5.71. The first-order chi connectivity index (χ1) is 9.37. The Hall–Kier alpha value is -1.04. The number of carboxylic acid groups (broad SMARTS) is 1. The van der Waals surface area contributed by atoms with Crippen LogP contribution in [0.1, 0.15) is 46.0 Å². The number of aliphatic carboxylic acids is 1. The molecule has 0 aliphatic carbocycles. The first-order valence-electron chi connectivity index (χ1n) is 6.78. The van der Waals surface area contributed by atoms with Crippen molar-refractivity contribution < 1.29 is 23.8 Å². The van der Waals surface area contributed by atoms with Crippen LogP contribution in [0.25, 0.3) is 0 Å². The lowest BCUT2D eigenvalue weighted by Gasteiger charge is -2.16. The third kappa shape index (κ3) is 12.0. The van der Waals surface area contributed by atoms with Crippen LogP contribution in [0.2, 0.25) is 0 Å². The Bertz CT molecular complexity index is 329. The summed E-state index contributed by atoms with van der Waals surface area (Å²) < 4.78 is 18.3. The smallest absolute Gasteiger partial charge is 0.331 e. The number of rotatable bonds is 11. The van der Waals surface area contributed by atoms with E-state index >= 15 is 0 Å². The molecule has 0 spiro atoms. The molecule has 0 aromatic rings. The van der Waals surface area contributed by atoms with E-state index < -0.39 is 16.9 Å². The van der Waals surface area contributed by atoms with E-state index in [0.29, 0.717) is 6.42 Å². The van der Waals surface area contributed by atoms with Crippen molar-refractivity contribution in [3.63, 3.8) is 0 Å². The van der Waals surface area contributed by atoms with Crippen LogP contribution in [-0.4, -0.2) is 34.4 Å². The number of unbranched alkanes of at least 4 members (excludes halogenated alkanes) is 3. The molecule has 1 N–H and O–H groups in total. The summed E-state index contributed by atoms with van der Waals surface area (Å²) in [4.78, 5) is 21.2. The zero-order chi connectivity index (χ0) is 15.4. The fourth-order valence-electron chi connectivity index (χ4n) is 1.30. The average Bonchev–Trinajstić information content (AvgIpc) is 2.39. The van der Waals surface area contributed by atoms with E-state index in [2.05, 4.69) is 0 Å². The summed E-state index contributed by atoms with van der Waals surface area (Å²) in [5.74, 6) is -1.02. The molecule has 6 heteroatoms. The van der Waals surface area contributed by atoms with Crippen molar-refractivity contribution in [1.29, 1.82) is 0 Å². The number of alkyl halides is 1. The first kappa shape index (κ1) is 19.0. The van der Waals surface area contributed by atoms with Gasteiger partial charge in [0.2, 0.25) is 0 Å². The highest BCUT2D eigenvalue weighted by Gasteiger charge is 2.19. The zero-order valence-corrected chi connectivity index (χ0v) is 12.9. The Labute approximate surface area is 123 Å². The number of thioether (sulfide) groups is 1. The van der Waals surface area contributed by atoms with Crippen LogP contribution in [0.3, 0.4) is 0 Å². The number of esters is 1. The molecule has 0 saturated heterocycles. The summed E-state index contributed by atoms with van der Waals surface area (Å²) in [7, 11) is 0. The number of hydrogen-bond donors (Lipinski definition) is 1.